The fraction of sp³-hybridized carbons (Fsp3) is 0.211. The van der Waals surface area contributed by atoms with Crippen LogP contribution in [-0.2, 0) is 4.79 Å². The Morgan fingerprint density at radius 2 is 1.67 bits per heavy atom. The van der Waals surface area contributed by atoms with Crippen LogP contribution in [0.1, 0.15) is 39.1 Å². The van der Waals surface area contributed by atoms with Crippen molar-refractivity contribution in [2.45, 2.75) is 25.8 Å². The Morgan fingerprint density at radius 3 is 2.33 bits per heavy atom. The van der Waals surface area contributed by atoms with Gasteiger partial charge in [-0.2, -0.15) is 0 Å². The summed E-state index contributed by atoms with van der Waals surface area (Å²) in [4.78, 5) is 36.3. The molecule has 0 heterocycles. The van der Waals surface area contributed by atoms with Crippen molar-refractivity contribution in [2.75, 3.05) is 5.32 Å². The lowest BCUT2D eigenvalue weighted by Gasteiger charge is -2.08. The van der Waals surface area contributed by atoms with Crippen LogP contribution in [0.4, 0.5) is 5.69 Å². The Morgan fingerprint density at radius 1 is 0.958 bits per heavy atom. The highest BCUT2D eigenvalue weighted by atomic mass is 16.2. The molecule has 0 spiro atoms. The van der Waals surface area contributed by atoms with E-state index in [9.17, 15) is 14.4 Å². The highest BCUT2D eigenvalue weighted by molar-refractivity contribution is 6.46. The molecular formula is C19H18N2O3. The molecule has 0 atom stereocenters. The second kappa shape index (κ2) is 6.66. The fourth-order valence-electron chi connectivity index (χ4n) is 2.26. The third-order valence-corrected chi connectivity index (χ3v) is 3.82. The third kappa shape index (κ3) is 3.87. The number of carbonyl (C=O) groups is 3. The number of ketones is 1. The molecule has 2 aromatic carbocycles. The van der Waals surface area contributed by atoms with Crippen LogP contribution >= 0.6 is 0 Å². The molecule has 2 amide bonds. The molecule has 1 fully saturated rings. The van der Waals surface area contributed by atoms with Crippen LogP contribution in [0, 0.1) is 6.92 Å². The summed E-state index contributed by atoms with van der Waals surface area (Å²) in [6.07, 6.45) is 2.01. The molecule has 122 valence electrons. The fourth-order valence-corrected chi connectivity index (χ4v) is 2.26. The van der Waals surface area contributed by atoms with Crippen LogP contribution in [0.3, 0.4) is 0 Å². The van der Waals surface area contributed by atoms with E-state index in [2.05, 4.69) is 10.6 Å². The van der Waals surface area contributed by atoms with Crippen LogP contribution in [-0.4, -0.2) is 23.6 Å². The van der Waals surface area contributed by atoms with Gasteiger partial charge in [0.1, 0.15) is 0 Å². The summed E-state index contributed by atoms with van der Waals surface area (Å²) in [5.41, 5.74) is 2.23. The van der Waals surface area contributed by atoms with Gasteiger partial charge < -0.3 is 10.6 Å². The van der Waals surface area contributed by atoms with E-state index in [0.717, 1.165) is 18.4 Å². The zero-order chi connectivity index (χ0) is 17.1. The molecule has 5 heteroatoms. The Kier molecular flexibility index (Phi) is 4.42. The van der Waals surface area contributed by atoms with Crippen molar-refractivity contribution in [3.05, 3.63) is 65.2 Å². The van der Waals surface area contributed by atoms with E-state index >= 15 is 0 Å². The van der Waals surface area contributed by atoms with Gasteiger partial charge in [0.2, 0.25) is 0 Å². The lowest BCUT2D eigenvalue weighted by molar-refractivity contribution is -0.112. The maximum atomic E-state index is 12.1. The SMILES string of the molecule is Cc1ccc(C(=O)C(=O)Nc2cccc(C(=O)NC3CC3)c2)cc1. The van der Waals surface area contributed by atoms with Gasteiger partial charge in [-0.1, -0.05) is 35.9 Å². The van der Waals surface area contributed by atoms with E-state index in [-0.39, 0.29) is 11.9 Å². The van der Waals surface area contributed by atoms with Gasteiger partial charge in [-0.3, -0.25) is 14.4 Å². The molecule has 2 aromatic rings. The number of aryl methyl sites for hydroxylation is 1. The molecule has 24 heavy (non-hydrogen) atoms. The molecule has 1 aliphatic rings. The number of nitrogens with one attached hydrogen (secondary N) is 2. The monoisotopic (exact) mass is 322 g/mol. The number of carbonyl (C=O) groups excluding carboxylic acids is 3. The standard InChI is InChI=1S/C19H18N2O3/c1-12-5-7-13(8-6-12)17(22)19(24)21-16-4-2-3-14(11-16)18(23)20-15-9-10-15/h2-8,11,15H,9-10H2,1H3,(H,20,23)(H,21,24). The zero-order valence-electron chi connectivity index (χ0n) is 13.3. The highest BCUT2D eigenvalue weighted by Gasteiger charge is 2.24. The second-order valence-electron chi connectivity index (χ2n) is 5.98. The Hall–Kier alpha value is -2.95. The molecule has 3 rings (SSSR count). The van der Waals surface area contributed by atoms with Crippen molar-refractivity contribution < 1.29 is 14.4 Å². The first-order valence-corrected chi connectivity index (χ1v) is 7.86. The Bertz CT molecular complexity index is 793. The maximum Gasteiger partial charge on any atom is 0.296 e. The number of Topliss-reactive ketones (excluding diaryl/α,β-unsaturated/α-hetero) is 1. The topological polar surface area (TPSA) is 75.3 Å². The largest absolute Gasteiger partial charge is 0.349 e. The number of rotatable bonds is 5. The van der Waals surface area contributed by atoms with Gasteiger partial charge in [0.15, 0.2) is 0 Å². The van der Waals surface area contributed by atoms with Crippen LogP contribution in [0.2, 0.25) is 0 Å². The van der Waals surface area contributed by atoms with E-state index in [1.165, 1.54) is 0 Å². The average Bonchev–Trinajstić information content (AvgIpc) is 3.39. The molecular weight excluding hydrogens is 304 g/mol. The minimum Gasteiger partial charge on any atom is -0.349 e. The maximum absolute atomic E-state index is 12.1. The number of amides is 2. The molecule has 0 aliphatic heterocycles. The molecule has 0 aromatic heterocycles. The quantitative estimate of drug-likeness (QED) is 0.656. The van der Waals surface area contributed by atoms with Crippen molar-refractivity contribution in [2.24, 2.45) is 0 Å². The summed E-state index contributed by atoms with van der Waals surface area (Å²) in [6, 6.07) is 13.6. The molecule has 0 radical (unpaired) electrons. The van der Waals surface area contributed by atoms with E-state index in [4.69, 9.17) is 0 Å². The van der Waals surface area contributed by atoms with E-state index in [1.807, 2.05) is 6.92 Å². The minimum atomic E-state index is -0.724. The van der Waals surface area contributed by atoms with Crippen LogP contribution in [0.25, 0.3) is 0 Å². The molecule has 1 saturated carbocycles. The number of benzene rings is 2. The summed E-state index contributed by atoms with van der Waals surface area (Å²) in [6.45, 7) is 1.91. The smallest absolute Gasteiger partial charge is 0.296 e. The minimum absolute atomic E-state index is 0.168. The third-order valence-electron chi connectivity index (χ3n) is 3.82. The summed E-state index contributed by atoms with van der Waals surface area (Å²) >= 11 is 0. The first kappa shape index (κ1) is 15.9. The number of hydrogen-bond donors (Lipinski definition) is 2. The van der Waals surface area contributed by atoms with Gasteiger partial charge in [0.25, 0.3) is 17.6 Å². The van der Waals surface area contributed by atoms with Crippen LogP contribution < -0.4 is 10.6 Å². The predicted molar refractivity (Wildman–Crippen MR) is 91.1 cm³/mol. The number of hydrogen-bond acceptors (Lipinski definition) is 3. The zero-order valence-corrected chi connectivity index (χ0v) is 13.3. The Labute approximate surface area is 140 Å². The second-order valence-corrected chi connectivity index (χ2v) is 5.98. The van der Waals surface area contributed by atoms with Crippen molar-refractivity contribution >= 4 is 23.3 Å². The van der Waals surface area contributed by atoms with Gasteiger partial charge in [0.05, 0.1) is 0 Å². The normalized spacial score (nSPS) is 13.2. The molecule has 2 N–H and O–H groups in total. The average molecular weight is 322 g/mol. The van der Waals surface area contributed by atoms with Crippen molar-refractivity contribution in [1.82, 2.24) is 5.32 Å². The van der Waals surface area contributed by atoms with Crippen molar-refractivity contribution in [3.8, 4) is 0 Å². The van der Waals surface area contributed by atoms with Crippen LogP contribution in [0.15, 0.2) is 48.5 Å². The van der Waals surface area contributed by atoms with Gasteiger partial charge in [0, 0.05) is 22.9 Å². The predicted octanol–water partition coefficient (Wildman–Crippen LogP) is 2.71. The summed E-state index contributed by atoms with van der Waals surface area (Å²) in [5, 5.41) is 5.44. The molecule has 5 nitrogen and oxygen atoms in total. The van der Waals surface area contributed by atoms with Crippen LogP contribution in [0.5, 0.6) is 0 Å². The first-order chi connectivity index (χ1) is 11.5. The molecule has 0 bridgehead atoms. The van der Waals surface area contributed by atoms with E-state index in [1.54, 1.807) is 48.5 Å². The number of anilines is 1. The summed E-state index contributed by atoms with van der Waals surface area (Å²) in [5.74, 6) is -1.50. The molecule has 0 saturated heterocycles. The van der Waals surface area contributed by atoms with E-state index < -0.39 is 11.7 Å². The van der Waals surface area contributed by atoms with E-state index in [0.29, 0.717) is 16.8 Å². The summed E-state index contributed by atoms with van der Waals surface area (Å²) < 4.78 is 0. The highest BCUT2D eigenvalue weighted by Crippen LogP contribution is 2.20. The van der Waals surface area contributed by atoms with Gasteiger partial charge in [-0.25, -0.2) is 0 Å². The Balaban J connectivity index is 1.68. The molecule has 1 aliphatic carbocycles. The van der Waals surface area contributed by atoms with Gasteiger partial charge in [-0.05, 0) is 38.0 Å². The van der Waals surface area contributed by atoms with Gasteiger partial charge in [-0.15, -0.1) is 0 Å². The lowest BCUT2D eigenvalue weighted by atomic mass is 10.1. The lowest BCUT2D eigenvalue weighted by Crippen LogP contribution is -2.26. The molecule has 0 unspecified atom stereocenters. The van der Waals surface area contributed by atoms with Crippen molar-refractivity contribution in [3.63, 3.8) is 0 Å². The van der Waals surface area contributed by atoms with Gasteiger partial charge >= 0.3 is 0 Å². The van der Waals surface area contributed by atoms with Crippen molar-refractivity contribution in [1.29, 1.82) is 0 Å². The first-order valence-electron chi connectivity index (χ1n) is 7.86. The summed E-state index contributed by atoms with van der Waals surface area (Å²) in [7, 11) is 0.